The monoisotopic (exact) mass is 332 g/mol. The first kappa shape index (κ1) is 15.1. The van der Waals surface area contributed by atoms with E-state index in [4.69, 9.17) is 4.42 Å². The predicted octanol–water partition coefficient (Wildman–Crippen LogP) is 5.09. The second-order valence-corrected chi connectivity index (χ2v) is 5.47. The van der Waals surface area contributed by atoms with Gasteiger partial charge in [-0.2, -0.15) is 0 Å². The molecule has 1 aromatic heterocycles. The Labute approximate surface area is 142 Å². The topological polar surface area (TPSA) is 58.6 Å². The summed E-state index contributed by atoms with van der Waals surface area (Å²) in [5, 5.41) is 9.68. The van der Waals surface area contributed by atoms with Crippen LogP contribution in [0.1, 0.15) is 5.56 Å². The van der Waals surface area contributed by atoms with Gasteiger partial charge in [0.2, 0.25) is 5.89 Å². The standard InChI is InChI=1S/C20H13FN2O2/c21-16-8-4-7-14(19(16)24)12-22-15-9-10-18-17(11-15)23-20(25-18)13-5-2-1-3-6-13/h1-12,24H. The summed E-state index contributed by atoms with van der Waals surface area (Å²) >= 11 is 0. The van der Waals surface area contributed by atoms with E-state index in [1.54, 1.807) is 24.3 Å². The van der Waals surface area contributed by atoms with Crippen molar-refractivity contribution in [1.82, 2.24) is 4.98 Å². The summed E-state index contributed by atoms with van der Waals surface area (Å²) in [6.45, 7) is 0. The normalized spacial score (nSPS) is 11.4. The molecule has 0 saturated carbocycles. The highest BCUT2D eigenvalue weighted by Crippen LogP contribution is 2.27. The molecular weight excluding hydrogens is 319 g/mol. The van der Waals surface area contributed by atoms with Crippen molar-refractivity contribution in [1.29, 1.82) is 0 Å². The molecule has 4 rings (SSSR count). The molecule has 1 heterocycles. The maximum Gasteiger partial charge on any atom is 0.227 e. The molecule has 122 valence electrons. The Morgan fingerprint density at radius 2 is 1.84 bits per heavy atom. The highest BCUT2D eigenvalue weighted by molar-refractivity contribution is 5.87. The summed E-state index contributed by atoms with van der Waals surface area (Å²) in [5.74, 6) is -0.553. The largest absolute Gasteiger partial charge is 0.504 e. The number of oxazole rings is 1. The Balaban J connectivity index is 1.67. The van der Waals surface area contributed by atoms with Gasteiger partial charge in [0.25, 0.3) is 0 Å². The Morgan fingerprint density at radius 3 is 2.68 bits per heavy atom. The maximum absolute atomic E-state index is 13.3. The zero-order valence-corrected chi connectivity index (χ0v) is 13.1. The molecule has 4 nitrogen and oxygen atoms in total. The van der Waals surface area contributed by atoms with Gasteiger partial charge in [-0.05, 0) is 42.5 Å². The van der Waals surface area contributed by atoms with Gasteiger partial charge in [0.1, 0.15) is 5.52 Å². The Hall–Kier alpha value is -3.47. The Kier molecular flexibility index (Phi) is 3.74. The van der Waals surface area contributed by atoms with Gasteiger partial charge in [0, 0.05) is 17.3 Å². The van der Waals surface area contributed by atoms with E-state index < -0.39 is 11.6 Å². The van der Waals surface area contributed by atoms with Gasteiger partial charge < -0.3 is 9.52 Å². The van der Waals surface area contributed by atoms with Crippen molar-refractivity contribution in [2.45, 2.75) is 0 Å². The summed E-state index contributed by atoms with van der Waals surface area (Å²) in [6.07, 6.45) is 1.41. The van der Waals surface area contributed by atoms with Crippen molar-refractivity contribution in [2.75, 3.05) is 0 Å². The zero-order chi connectivity index (χ0) is 17.2. The van der Waals surface area contributed by atoms with E-state index in [0.29, 0.717) is 28.2 Å². The Morgan fingerprint density at radius 1 is 1.00 bits per heavy atom. The van der Waals surface area contributed by atoms with E-state index in [2.05, 4.69) is 9.98 Å². The fourth-order valence-corrected chi connectivity index (χ4v) is 2.48. The van der Waals surface area contributed by atoms with Crippen LogP contribution >= 0.6 is 0 Å². The molecule has 0 bridgehead atoms. The lowest BCUT2D eigenvalue weighted by molar-refractivity contribution is 0.431. The van der Waals surface area contributed by atoms with Gasteiger partial charge >= 0.3 is 0 Å². The van der Waals surface area contributed by atoms with Crippen LogP contribution in [0.3, 0.4) is 0 Å². The Bertz CT molecular complexity index is 1070. The van der Waals surface area contributed by atoms with Gasteiger partial charge in [0.15, 0.2) is 17.1 Å². The number of phenolic OH excluding ortho intramolecular Hbond substituents is 1. The zero-order valence-electron chi connectivity index (χ0n) is 13.1. The molecule has 25 heavy (non-hydrogen) atoms. The number of fused-ring (bicyclic) bond motifs is 1. The number of benzene rings is 3. The number of hydrogen-bond donors (Lipinski definition) is 1. The number of para-hydroxylation sites is 1. The minimum Gasteiger partial charge on any atom is -0.504 e. The average molecular weight is 332 g/mol. The van der Waals surface area contributed by atoms with Crippen molar-refractivity contribution < 1.29 is 13.9 Å². The molecule has 0 amide bonds. The van der Waals surface area contributed by atoms with Gasteiger partial charge in [-0.15, -0.1) is 0 Å². The molecule has 0 spiro atoms. The van der Waals surface area contributed by atoms with Crippen LogP contribution in [0.15, 0.2) is 76.1 Å². The molecule has 5 heteroatoms. The summed E-state index contributed by atoms with van der Waals surface area (Å²) in [4.78, 5) is 8.76. The average Bonchev–Trinajstić information content (AvgIpc) is 3.07. The molecule has 4 aromatic rings. The van der Waals surface area contributed by atoms with Crippen molar-refractivity contribution in [3.05, 3.63) is 78.1 Å². The second-order valence-electron chi connectivity index (χ2n) is 5.47. The van der Waals surface area contributed by atoms with Gasteiger partial charge in [-0.1, -0.05) is 24.3 Å². The van der Waals surface area contributed by atoms with Crippen molar-refractivity contribution in [3.63, 3.8) is 0 Å². The van der Waals surface area contributed by atoms with Gasteiger partial charge in [0.05, 0.1) is 5.69 Å². The fourth-order valence-electron chi connectivity index (χ4n) is 2.48. The van der Waals surface area contributed by atoms with E-state index in [1.165, 1.54) is 18.3 Å². The third kappa shape index (κ3) is 2.99. The van der Waals surface area contributed by atoms with E-state index in [9.17, 15) is 9.50 Å². The second kappa shape index (κ2) is 6.20. The number of halogens is 1. The molecule has 0 atom stereocenters. The summed E-state index contributed by atoms with van der Waals surface area (Å²) in [6, 6.07) is 19.3. The van der Waals surface area contributed by atoms with Crippen LogP contribution in [-0.2, 0) is 0 Å². The number of aromatic hydroxyl groups is 1. The van der Waals surface area contributed by atoms with E-state index in [-0.39, 0.29) is 0 Å². The number of hydrogen-bond acceptors (Lipinski definition) is 4. The lowest BCUT2D eigenvalue weighted by Crippen LogP contribution is -1.85. The predicted molar refractivity (Wildman–Crippen MR) is 94.8 cm³/mol. The van der Waals surface area contributed by atoms with Crippen LogP contribution < -0.4 is 0 Å². The summed E-state index contributed by atoms with van der Waals surface area (Å²) < 4.78 is 19.1. The molecule has 0 fully saturated rings. The maximum atomic E-state index is 13.3. The number of aliphatic imine (C=N–C) groups is 1. The van der Waals surface area contributed by atoms with Crippen LogP contribution in [-0.4, -0.2) is 16.3 Å². The van der Waals surface area contributed by atoms with Crippen LogP contribution in [0.5, 0.6) is 5.75 Å². The van der Waals surface area contributed by atoms with Crippen molar-refractivity contribution >= 4 is 23.0 Å². The first-order chi connectivity index (χ1) is 12.2. The molecule has 0 aliphatic heterocycles. The third-order valence-electron chi connectivity index (χ3n) is 3.76. The number of aromatic nitrogens is 1. The molecule has 0 aliphatic rings. The van der Waals surface area contributed by atoms with E-state index >= 15 is 0 Å². The SMILES string of the molecule is Oc1c(F)cccc1C=Nc1ccc2oc(-c3ccccc3)nc2c1. The first-order valence-electron chi connectivity index (χ1n) is 7.68. The van der Waals surface area contributed by atoms with Crippen LogP contribution in [0, 0.1) is 5.82 Å². The smallest absolute Gasteiger partial charge is 0.227 e. The molecular formula is C20H13FN2O2. The molecule has 0 saturated heterocycles. The molecule has 3 aromatic carbocycles. The summed E-state index contributed by atoms with van der Waals surface area (Å²) in [7, 11) is 0. The van der Waals surface area contributed by atoms with Gasteiger partial charge in [-0.25, -0.2) is 9.37 Å². The van der Waals surface area contributed by atoms with E-state index in [1.807, 2.05) is 30.3 Å². The number of rotatable bonds is 3. The van der Waals surface area contributed by atoms with Crippen LogP contribution in [0.25, 0.3) is 22.6 Å². The lowest BCUT2D eigenvalue weighted by Gasteiger charge is -1.99. The van der Waals surface area contributed by atoms with Crippen molar-refractivity contribution in [3.8, 4) is 17.2 Å². The van der Waals surface area contributed by atoms with E-state index in [0.717, 1.165) is 5.56 Å². The third-order valence-corrected chi connectivity index (χ3v) is 3.76. The summed E-state index contributed by atoms with van der Waals surface area (Å²) in [5.41, 5.74) is 3.17. The fraction of sp³-hybridized carbons (Fsp3) is 0. The molecule has 1 N–H and O–H groups in total. The van der Waals surface area contributed by atoms with Gasteiger partial charge in [-0.3, -0.25) is 4.99 Å². The van der Waals surface area contributed by atoms with Crippen LogP contribution in [0.4, 0.5) is 10.1 Å². The highest BCUT2D eigenvalue weighted by Gasteiger charge is 2.08. The number of nitrogens with zero attached hydrogens (tertiary/aromatic N) is 2. The molecule has 0 aliphatic carbocycles. The molecule has 0 unspecified atom stereocenters. The minimum absolute atomic E-state index is 0.310. The minimum atomic E-state index is -0.677. The number of phenols is 1. The van der Waals surface area contributed by atoms with Crippen molar-refractivity contribution in [2.24, 2.45) is 4.99 Å². The highest BCUT2D eigenvalue weighted by atomic mass is 19.1. The first-order valence-corrected chi connectivity index (χ1v) is 7.68. The molecule has 0 radical (unpaired) electrons. The van der Waals surface area contributed by atoms with Crippen LogP contribution in [0.2, 0.25) is 0 Å². The lowest BCUT2D eigenvalue weighted by atomic mass is 10.2. The quantitative estimate of drug-likeness (QED) is 0.532.